The molecule has 128 valence electrons. The molecular formula is C16H15ClFNO4S. The number of esters is 1. The van der Waals surface area contributed by atoms with Gasteiger partial charge in [0.1, 0.15) is 5.82 Å². The molecule has 0 unspecified atom stereocenters. The van der Waals surface area contributed by atoms with Crippen LogP contribution in [0.4, 0.5) is 10.1 Å². The number of anilines is 1. The Balaban J connectivity index is 2.18. The highest BCUT2D eigenvalue weighted by molar-refractivity contribution is 7.92. The minimum atomic E-state index is -3.92. The number of nitrogens with one attached hydrogen (secondary N) is 1. The lowest BCUT2D eigenvalue weighted by Gasteiger charge is -2.10. The van der Waals surface area contributed by atoms with Gasteiger partial charge in [-0.3, -0.25) is 4.72 Å². The Morgan fingerprint density at radius 1 is 1.17 bits per heavy atom. The Bertz CT molecular complexity index is 851. The number of halogens is 2. The Morgan fingerprint density at radius 2 is 1.79 bits per heavy atom. The molecule has 0 heterocycles. The molecule has 1 N–H and O–H groups in total. The van der Waals surface area contributed by atoms with Crippen molar-refractivity contribution in [3.8, 4) is 0 Å². The van der Waals surface area contributed by atoms with Crippen molar-refractivity contribution in [1.82, 2.24) is 0 Å². The lowest BCUT2D eigenvalue weighted by molar-refractivity contribution is 0.0378. The van der Waals surface area contributed by atoms with Gasteiger partial charge in [-0.05, 0) is 56.3 Å². The first kappa shape index (κ1) is 18.2. The van der Waals surface area contributed by atoms with Crippen LogP contribution in [0.25, 0.3) is 0 Å². The summed E-state index contributed by atoms with van der Waals surface area (Å²) in [6.07, 6.45) is -0.251. The van der Waals surface area contributed by atoms with Crippen LogP contribution in [-0.4, -0.2) is 20.5 Å². The summed E-state index contributed by atoms with van der Waals surface area (Å²) in [5.74, 6) is -1.20. The Kier molecular flexibility index (Phi) is 5.46. The van der Waals surface area contributed by atoms with Gasteiger partial charge in [0.25, 0.3) is 10.0 Å². The zero-order chi connectivity index (χ0) is 17.9. The molecule has 2 rings (SSSR count). The molecule has 0 spiro atoms. The van der Waals surface area contributed by atoms with E-state index in [0.717, 1.165) is 18.2 Å². The maximum Gasteiger partial charge on any atom is 0.338 e. The zero-order valence-corrected chi connectivity index (χ0v) is 14.5. The van der Waals surface area contributed by atoms with Gasteiger partial charge < -0.3 is 4.74 Å². The summed E-state index contributed by atoms with van der Waals surface area (Å²) < 4.78 is 45.0. The van der Waals surface area contributed by atoms with Crippen LogP contribution in [0.5, 0.6) is 0 Å². The molecule has 24 heavy (non-hydrogen) atoms. The Morgan fingerprint density at radius 3 is 2.33 bits per heavy atom. The normalized spacial score (nSPS) is 11.4. The number of benzene rings is 2. The number of hydrogen-bond donors (Lipinski definition) is 1. The third-order valence-electron chi connectivity index (χ3n) is 2.92. The van der Waals surface area contributed by atoms with Crippen molar-refractivity contribution in [3.05, 3.63) is 58.9 Å². The number of rotatable bonds is 5. The Hall–Kier alpha value is -2.12. The van der Waals surface area contributed by atoms with E-state index in [1.165, 1.54) is 24.3 Å². The Labute approximate surface area is 144 Å². The van der Waals surface area contributed by atoms with E-state index in [9.17, 15) is 17.6 Å². The standard InChI is InChI=1S/C16H15ClFNO4S/c1-10(2)23-16(20)11-3-5-12(6-4-11)19-24(21,22)13-7-8-15(18)14(17)9-13/h3-10,19H,1-2H3. The molecule has 5 nitrogen and oxygen atoms in total. The SMILES string of the molecule is CC(C)OC(=O)c1ccc(NS(=O)(=O)c2ccc(F)c(Cl)c2)cc1. The molecule has 0 aliphatic carbocycles. The molecule has 2 aromatic rings. The molecule has 0 atom stereocenters. The topological polar surface area (TPSA) is 72.5 Å². The number of carbonyl (C=O) groups is 1. The molecule has 0 radical (unpaired) electrons. The van der Waals surface area contributed by atoms with E-state index in [1.807, 2.05) is 0 Å². The van der Waals surface area contributed by atoms with E-state index in [0.29, 0.717) is 5.56 Å². The monoisotopic (exact) mass is 371 g/mol. The van der Waals surface area contributed by atoms with Crippen LogP contribution in [0.3, 0.4) is 0 Å². The largest absolute Gasteiger partial charge is 0.459 e. The van der Waals surface area contributed by atoms with Gasteiger partial charge in [-0.25, -0.2) is 17.6 Å². The second-order valence-electron chi connectivity index (χ2n) is 5.21. The van der Waals surface area contributed by atoms with Crippen molar-refractivity contribution in [1.29, 1.82) is 0 Å². The summed E-state index contributed by atoms with van der Waals surface area (Å²) in [4.78, 5) is 11.6. The van der Waals surface area contributed by atoms with Crippen molar-refractivity contribution in [2.45, 2.75) is 24.8 Å². The molecule has 0 aliphatic rings. The number of hydrogen-bond acceptors (Lipinski definition) is 4. The third kappa shape index (κ3) is 4.46. The highest BCUT2D eigenvalue weighted by Crippen LogP contribution is 2.22. The van der Waals surface area contributed by atoms with Gasteiger partial charge in [0.2, 0.25) is 0 Å². The average molecular weight is 372 g/mol. The van der Waals surface area contributed by atoms with Crippen LogP contribution in [-0.2, 0) is 14.8 Å². The van der Waals surface area contributed by atoms with Crippen LogP contribution in [0, 0.1) is 5.82 Å². The first-order valence-electron chi connectivity index (χ1n) is 6.98. The van der Waals surface area contributed by atoms with Crippen LogP contribution < -0.4 is 4.72 Å². The van der Waals surface area contributed by atoms with Gasteiger partial charge in [0.05, 0.1) is 21.6 Å². The lowest BCUT2D eigenvalue weighted by atomic mass is 10.2. The van der Waals surface area contributed by atoms with E-state index in [4.69, 9.17) is 16.3 Å². The third-order valence-corrected chi connectivity index (χ3v) is 4.59. The van der Waals surface area contributed by atoms with Gasteiger partial charge in [-0.15, -0.1) is 0 Å². The summed E-state index contributed by atoms with van der Waals surface area (Å²) >= 11 is 5.60. The van der Waals surface area contributed by atoms with Crippen molar-refractivity contribution < 1.29 is 22.3 Å². The summed E-state index contributed by atoms with van der Waals surface area (Å²) in [6.45, 7) is 3.46. The van der Waals surface area contributed by atoms with Crippen molar-refractivity contribution in [2.24, 2.45) is 0 Å². The first-order chi connectivity index (χ1) is 11.2. The summed E-state index contributed by atoms with van der Waals surface area (Å²) in [5.41, 5.74) is 0.549. The molecule has 0 fully saturated rings. The minimum Gasteiger partial charge on any atom is -0.459 e. The molecular weight excluding hydrogens is 357 g/mol. The smallest absolute Gasteiger partial charge is 0.338 e. The molecule has 0 saturated carbocycles. The van der Waals surface area contributed by atoms with Gasteiger partial charge in [0.15, 0.2) is 0 Å². The van der Waals surface area contributed by atoms with E-state index in [2.05, 4.69) is 4.72 Å². The van der Waals surface area contributed by atoms with Crippen LogP contribution >= 0.6 is 11.6 Å². The summed E-state index contributed by atoms with van der Waals surface area (Å²) in [7, 11) is -3.92. The van der Waals surface area contributed by atoms with Gasteiger partial charge in [-0.2, -0.15) is 0 Å². The van der Waals surface area contributed by atoms with Gasteiger partial charge in [0, 0.05) is 5.69 Å². The molecule has 0 aromatic heterocycles. The minimum absolute atomic E-state index is 0.169. The molecule has 8 heteroatoms. The molecule has 0 saturated heterocycles. The fraction of sp³-hybridized carbons (Fsp3) is 0.188. The highest BCUT2D eigenvalue weighted by Gasteiger charge is 2.16. The summed E-state index contributed by atoms with van der Waals surface area (Å²) in [6, 6.07) is 8.85. The van der Waals surface area contributed by atoms with Gasteiger partial charge >= 0.3 is 5.97 Å². The fourth-order valence-electron chi connectivity index (χ4n) is 1.81. The van der Waals surface area contributed by atoms with E-state index in [1.54, 1.807) is 13.8 Å². The second-order valence-corrected chi connectivity index (χ2v) is 7.30. The molecule has 2 aromatic carbocycles. The lowest BCUT2D eigenvalue weighted by Crippen LogP contribution is -2.14. The molecule has 0 bridgehead atoms. The quantitative estimate of drug-likeness (QED) is 0.810. The van der Waals surface area contributed by atoms with Crippen molar-refractivity contribution >= 4 is 33.3 Å². The maximum absolute atomic E-state index is 13.1. The van der Waals surface area contributed by atoms with Gasteiger partial charge in [-0.1, -0.05) is 11.6 Å². The second kappa shape index (κ2) is 7.19. The van der Waals surface area contributed by atoms with E-state index >= 15 is 0 Å². The van der Waals surface area contributed by atoms with E-state index < -0.39 is 21.8 Å². The maximum atomic E-state index is 13.1. The van der Waals surface area contributed by atoms with Crippen molar-refractivity contribution in [2.75, 3.05) is 4.72 Å². The fourth-order valence-corrected chi connectivity index (χ4v) is 3.14. The predicted octanol–water partition coefficient (Wildman–Crippen LogP) is 3.85. The van der Waals surface area contributed by atoms with Crippen LogP contribution in [0.15, 0.2) is 47.4 Å². The first-order valence-corrected chi connectivity index (χ1v) is 8.84. The molecule has 0 aliphatic heterocycles. The average Bonchev–Trinajstić information content (AvgIpc) is 2.49. The number of carbonyl (C=O) groups excluding carboxylic acids is 1. The zero-order valence-electron chi connectivity index (χ0n) is 12.9. The van der Waals surface area contributed by atoms with E-state index in [-0.39, 0.29) is 21.7 Å². The molecule has 0 amide bonds. The summed E-state index contributed by atoms with van der Waals surface area (Å²) in [5, 5.41) is -0.287. The van der Waals surface area contributed by atoms with Crippen molar-refractivity contribution in [3.63, 3.8) is 0 Å². The number of sulfonamides is 1. The van der Waals surface area contributed by atoms with Crippen LogP contribution in [0.1, 0.15) is 24.2 Å². The number of ether oxygens (including phenoxy) is 1. The van der Waals surface area contributed by atoms with Crippen LogP contribution in [0.2, 0.25) is 5.02 Å². The highest BCUT2D eigenvalue weighted by atomic mass is 35.5. The predicted molar refractivity (Wildman–Crippen MR) is 89.2 cm³/mol.